The molecule has 1 aliphatic heterocycles. The third-order valence-corrected chi connectivity index (χ3v) is 5.44. The van der Waals surface area contributed by atoms with Gasteiger partial charge in [0.1, 0.15) is 17.5 Å². The molecule has 1 N–H and O–H groups in total. The lowest BCUT2D eigenvalue weighted by Gasteiger charge is -2.34. The van der Waals surface area contributed by atoms with E-state index in [1.165, 1.54) is 53.2 Å². The number of nitrogens with one attached hydrogen (secondary N) is 1. The molecule has 1 aliphatic rings. The lowest BCUT2D eigenvalue weighted by molar-refractivity contribution is -0.137. The Balaban J connectivity index is 0.00000176. The van der Waals surface area contributed by atoms with E-state index in [0.29, 0.717) is 11.4 Å². The monoisotopic (exact) mass is 499 g/mol. The molecule has 4 rings (SSSR count). The van der Waals surface area contributed by atoms with Crippen molar-refractivity contribution in [2.45, 2.75) is 39.5 Å². The van der Waals surface area contributed by atoms with Crippen LogP contribution in [-0.4, -0.2) is 34.7 Å². The van der Waals surface area contributed by atoms with E-state index in [-0.39, 0.29) is 35.1 Å². The van der Waals surface area contributed by atoms with Crippen molar-refractivity contribution >= 4 is 23.2 Å². The summed E-state index contributed by atoms with van der Waals surface area (Å²) >= 11 is 0. The Morgan fingerprint density at radius 1 is 1.19 bits per heavy atom. The number of rotatable bonds is 4. The average molecular weight is 499 g/mol. The molecule has 2 aromatic carbocycles. The van der Waals surface area contributed by atoms with Crippen molar-refractivity contribution in [1.29, 1.82) is 5.26 Å². The first-order chi connectivity index (χ1) is 17.1. The van der Waals surface area contributed by atoms with Crippen LogP contribution in [0.25, 0.3) is 0 Å². The number of alkyl halides is 3. The molecule has 0 saturated carbocycles. The molecular weight excluding hydrogens is 475 g/mol. The van der Waals surface area contributed by atoms with Crippen LogP contribution < -0.4 is 15.0 Å². The fourth-order valence-corrected chi connectivity index (χ4v) is 3.80. The summed E-state index contributed by atoms with van der Waals surface area (Å²) in [5.74, 6) is -0.764. The van der Waals surface area contributed by atoms with E-state index in [1.807, 2.05) is 19.9 Å². The summed E-state index contributed by atoms with van der Waals surface area (Å²) in [6.07, 6.45) is -3.15. The summed E-state index contributed by atoms with van der Waals surface area (Å²) in [6.45, 7) is 6.03. The number of carbonyl (C=O) groups excluding carboxylic acids is 2. The molecule has 36 heavy (non-hydrogen) atoms. The zero-order chi connectivity index (χ0) is 26.6. The van der Waals surface area contributed by atoms with Crippen molar-refractivity contribution < 1.29 is 27.5 Å². The first-order valence-corrected chi connectivity index (χ1v) is 11.1. The highest BCUT2D eigenvalue weighted by Crippen LogP contribution is 2.33. The number of anilines is 2. The fraction of sp³-hybridized carbons (Fsp3) is 0.280. The fourth-order valence-electron chi connectivity index (χ4n) is 3.80. The topological polar surface area (TPSA) is 100 Å². The van der Waals surface area contributed by atoms with E-state index in [1.54, 1.807) is 6.92 Å². The molecule has 11 heteroatoms. The number of nitriles is 1. The Bertz CT molecular complexity index is 1310. The number of halogens is 3. The number of ether oxygens (including phenoxy) is 1. The lowest BCUT2D eigenvalue weighted by Crippen LogP contribution is -2.47. The van der Waals surface area contributed by atoms with E-state index < -0.39 is 23.6 Å². The van der Waals surface area contributed by atoms with Gasteiger partial charge >= 0.3 is 6.18 Å². The second-order valence-corrected chi connectivity index (χ2v) is 7.64. The normalized spacial score (nSPS) is 14.8. The highest BCUT2D eigenvalue weighted by atomic mass is 19.4. The van der Waals surface area contributed by atoms with Crippen molar-refractivity contribution in [1.82, 2.24) is 9.78 Å². The van der Waals surface area contributed by atoms with Crippen molar-refractivity contribution in [3.8, 4) is 11.8 Å². The van der Waals surface area contributed by atoms with Crippen LogP contribution in [0.2, 0.25) is 0 Å². The molecule has 8 nitrogen and oxygen atoms in total. The van der Waals surface area contributed by atoms with Gasteiger partial charge in [0.15, 0.2) is 0 Å². The van der Waals surface area contributed by atoms with Crippen LogP contribution in [-0.2, 0) is 12.7 Å². The summed E-state index contributed by atoms with van der Waals surface area (Å²) in [6, 6.07) is 10.2. The summed E-state index contributed by atoms with van der Waals surface area (Å²) in [5.41, 5.74) is 0.0687. The second kappa shape index (κ2) is 10.5. The maximum atomic E-state index is 13.3. The van der Waals surface area contributed by atoms with Gasteiger partial charge in [-0.1, -0.05) is 13.8 Å². The van der Waals surface area contributed by atoms with Crippen molar-refractivity contribution in [3.63, 3.8) is 0 Å². The van der Waals surface area contributed by atoms with Crippen molar-refractivity contribution in [2.75, 3.05) is 17.3 Å². The predicted octanol–water partition coefficient (Wildman–Crippen LogP) is 5.11. The van der Waals surface area contributed by atoms with Gasteiger partial charge in [0.05, 0.1) is 42.7 Å². The van der Waals surface area contributed by atoms with Crippen LogP contribution >= 0.6 is 0 Å². The van der Waals surface area contributed by atoms with Crippen LogP contribution in [0, 0.1) is 11.3 Å². The molecule has 0 unspecified atom stereocenters. The van der Waals surface area contributed by atoms with E-state index in [0.717, 1.165) is 12.1 Å². The predicted molar refractivity (Wildman–Crippen MR) is 127 cm³/mol. The molecule has 0 spiro atoms. The van der Waals surface area contributed by atoms with Crippen LogP contribution in [0.5, 0.6) is 5.75 Å². The number of methoxy groups -OCH3 is 1. The highest BCUT2D eigenvalue weighted by molar-refractivity contribution is 6.13. The van der Waals surface area contributed by atoms with Gasteiger partial charge in [-0.3, -0.25) is 14.3 Å². The van der Waals surface area contributed by atoms with E-state index in [2.05, 4.69) is 10.4 Å². The molecule has 2 heterocycles. The van der Waals surface area contributed by atoms with Gasteiger partial charge in [-0.05, 0) is 49.4 Å². The lowest BCUT2D eigenvalue weighted by atomic mass is 10.1. The Kier molecular flexibility index (Phi) is 7.68. The zero-order valence-corrected chi connectivity index (χ0v) is 20.1. The minimum atomic E-state index is -4.49. The van der Waals surface area contributed by atoms with Gasteiger partial charge in [-0.2, -0.15) is 23.5 Å². The maximum absolute atomic E-state index is 13.3. The number of aromatic nitrogens is 2. The molecule has 0 bridgehead atoms. The number of carbonyl (C=O) groups is 2. The van der Waals surface area contributed by atoms with Crippen LogP contribution in [0.4, 0.5) is 24.5 Å². The van der Waals surface area contributed by atoms with E-state index in [9.17, 15) is 28.0 Å². The van der Waals surface area contributed by atoms with Gasteiger partial charge in [-0.25, -0.2) is 0 Å². The average Bonchev–Trinajstić information content (AvgIpc) is 3.26. The molecular formula is C25H24F3N5O3. The molecule has 3 aromatic rings. The Hall–Kier alpha value is -4.33. The minimum Gasteiger partial charge on any atom is -0.495 e. The molecule has 0 fully saturated rings. The van der Waals surface area contributed by atoms with Crippen LogP contribution in [0.1, 0.15) is 52.7 Å². The van der Waals surface area contributed by atoms with E-state index >= 15 is 0 Å². The summed E-state index contributed by atoms with van der Waals surface area (Å²) in [4.78, 5) is 27.5. The number of benzene rings is 2. The largest absolute Gasteiger partial charge is 0.495 e. The van der Waals surface area contributed by atoms with Crippen LogP contribution in [0.15, 0.2) is 48.7 Å². The molecule has 0 radical (unpaired) electrons. The Morgan fingerprint density at radius 2 is 1.86 bits per heavy atom. The first-order valence-electron chi connectivity index (χ1n) is 11.1. The molecule has 2 amide bonds. The molecule has 1 aromatic heterocycles. The zero-order valence-electron chi connectivity index (χ0n) is 20.1. The SMILES string of the molecule is CC.COc1ccc(C(=O)Nc2cnn3c2C(=O)N(c2ccc(C(F)(F)F)cc2)[C@H](C)C3)cc1C#N. The molecule has 1 atom stereocenters. The Morgan fingerprint density at radius 3 is 2.44 bits per heavy atom. The molecule has 0 saturated heterocycles. The third kappa shape index (κ3) is 5.02. The van der Waals surface area contributed by atoms with Gasteiger partial charge in [0.2, 0.25) is 0 Å². The summed E-state index contributed by atoms with van der Waals surface area (Å²) in [7, 11) is 1.41. The minimum absolute atomic E-state index is 0.0976. The second-order valence-electron chi connectivity index (χ2n) is 7.64. The smallest absolute Gasteiger partial charge is 0.416 e. The number of fused-ring (bicyclic) bond motifs is 1. The molecule has 188 valence electrons. The standard InChI is InChI=1S/C23H18F3N5O3.C2H6/c1-13-12-30-20(22(33)31(13)17-6-4-16(5-7-17)23(24,25)26)18(11-28-30)29-21(32)14-3-8-19(34-2)15(9-14)10-27;1-2/h3-9,11,13H,12H2,1-2H3,(H,29,32);1-2H3/t13-;/m1./s1. The highest BCUT2D eigenvalue weighted by Gasteiger charge is 2.36. The number of nitrogens with zero attached hydrogens (tertiary/aromatic N) is 4. The van der Waals surface area contributed by atoms with E-state index in [4.69, 9.17) is 4.74 Å². The maximum Gasteiger partial charge on any atom is 0.416 e. The van der Waals surface area contributed by atoms with Crippen molar-refractivity contribution in [2.24, 2.45) is 0 Å². The quantitative estimate of drug-likeness (QED) is 0.538. The third-order valence-electron chi connectivity index (χ3n) is 5.44. The van der Waals surface area contributed by atoms with Gasteiger partial charge < -0.3 is 15.0 Å². The van der Waals surface area contributed by atoms with Gasteiger partial charge in [0.25, 0.3) is 11.8 Å². The van der Waals surface area contributed by atoms with Gasteiger partial charge in [0, 0.05) is 11.3 Å². The molecule has 0 aliphatic carbocycles. The Labute approximate surface area is 205 Å². The number of amides is 2. The number of hydrogen-bond donors (Lipinski definition) is 1. The number of hydrogen-bond acceptors (Lipinski definition) is 5. The van der Waals surface area contributed by atoms with Gasteiger partial charge in [-0.15, -0.1) is 0 Å². The van der Waals surface area contributed by atoms with Crippen LogP contribution in [0.3, 0.4) is 0 Å². The first kappa shape index (κ1) is 26.3. The summed E-state index contributed by atoms with van der Waals surface area (Å²) < 4.78 is 45.3. The summed E-state index contributed by atoms with van der Waals surface area (Å²) in [5, 5.41) is 16.0. The van der Waals surface area contributed by atoms with Crippen molar-refractivity contribution in [3.05, 3.63) is 71.0 Å².